The monoisotopic (exact) mass is 434 g/mol. The zero-order chi connectivity index (χ0) is 22.3. The van der Waals surface area contributed by atoms with Gasteiger partial charge in [-0.2, -0.15) is 0 Å². The Bertz CT molecular complexity index is 754. The molecule has 4 rings (SSSR count). The van der Waals surface area contributed by atoms with Crippen molar-refractivity contribution in [3.05, 3.63) is 11.6 Å². The first-order valence-electron chi connectivity index (χ1n) is 11.6. The van der Waals surface area contributed by atoms with Crippen molar-refractivity contribution in [2.75, 3.05) is 0 Å². The highest BCUT2D eigenvalue weighted by Gasteiger charge is 2.65. The van der Waals surface area contributed by atoms with Crippen molar-refractivity contribution in [1.29, 1.82) is 0 Å². The normalized spacial score (nSPS) is 42.0. The quantitative estimate of drug-likeness (QED) is 0.448. The van der Waals surface area contributed by atoms with Gasteiger partial charge in [-0.3, -0.25) is 14.4 Å². The number of thiol groups is 1. The molecule has 30 heavy (non-hydrogen) atoms. The molecule has 3 saturated carbocycles. The zero-order valence-electron chi connectivity index (χ0n) is 19.3. The Labute approximate surface area is 187 Å². The highest BCUT2D eigenvalue weighted by atomic mass is 32.1. The molecule has 0 aromatic carbocycles. The van der Waals surface area contributed by atoms with Crippen LogP contribution in [0.25, 0.3) is 0 Å². The fourth-order valence-electron chi connectivity index (χ4n) is 7.34. The Morgan fingerprint density at radius 1 is 1.03 bits per heavy atom. The SMILES string of the molecule is CC(=O)S.CCC(=O)O[C@H]1CCC2(C)[C@@H]3CCC4=CC(=O)CC[C@]4(C)C3CC[C@]12C. The summed E-state index contributed by atoms with van der Waals surface area (Å²) >= 11 is 3.33. The van der Waals surface area contributed by atoms with Gasteiger partial charge in [0.2, 0.25) is 0 Å². The molecule has 0 aromatic heterocycles. The lowest BCUT2D eigenvalue weighted by atomic mass is 9.42. The summed E-state index contributed by atoms with van der Waals surface area (Å²) in [4.78, 5) is 33.3. The zero-order valence-corrected chi connectivity index (χ0v) is 20.1. The van der Waals surface area contributed by atoms with Crippen molar-refractivity contribution in [3.8, 4) is 0 Å². The fraction of sp³-hybridized carbons (Fsp3) is 0.800. The Balaban J connectivity index is 0.000000589. The van der Waals surface area contributed by atoms with Gasteiger partial charge in [0.25, 0.3) is 0 Å². The van der Waals surface area contributed by atoms with Gasteiger partial charge >= 0.3 is 5.97 Å². The van der Waals surface area contributed by atoms with Crippen molar-refractivity contribution < 1.29 is 19.1 Å². The lowest BCUT2D eigenvalue weighted by molar-refractivity contribution is -0.169. The second-order valence-electron chi connectivity index (χ2n) is 10.6. The van der Waals surface area contributed by atoms with Gasteiger partial charge in [0.05, 0.1) is 0 Å². The van der Waals surface area contributed by atoms with Crippen LogP contribution in [0.15, 0.2) is 11.6 Å². The first kappa shape index (κ1) is 23.6. The minimum Gasteiger partial charge on any atom is -0.462 e. The average Bonchev–Trinajstić information content (AvgIpc) is 2.93. The van der Waals surface area contributed by atoms with Gasteiger partial charge in [0, 0.05) is 25.2 Å². The molecule has 6 atom stereocenters. The standard InChI is InChI=1S/C23H34O3.C2H4OS/c1-5-20(25)26-19-10-13-22(3)18-7-6-15-14-16(24)8-11-21(15,2)17(18)9-12-23(19,22)4;1-2(3)4/h14,17-19H,5-13H2,1-4H3;1H3,(H,3,4)/t17?,18-,19+,21+,22?,23-;/m1./s1. The van der Waals surface area contributed by atoms with Gasteiger partial charge in [-0.15, -0.1) is 12.6 Å². The van der Waals surface area contributed by atoms with Crippen LogP contribution in [0.5, 0.6) is 0 Å². The molecule has 2 unspecified atom stereocenters. The molecular formula is C25H38O4S. The van der Waals surface area contributed by atoms with E-state index < -0.39 is 0 Å². The molecule has 0 spiro atoms. The van der Waals surface area contributed by atoms with Crippen LogP contribution in [-0.2, 0) is 19.1 Å². The lowest BCUT2D eigenvalue weighted by Crippen LogP contribution is -2.56. The van der Waals surface area contributed by atoms with E-state index in [1.807, 2.05) is 13.0 Å². The largest absolute Gasteiger partial charge is 0.462 e. The number of allylic oxidation sites excluding steroid dienone is 1. The molecule has 0 radical (unpaired) electrons. The molecule has 0 bridgehead atoms. The highest BCUT2D eigenvalue weighted by molar-refractivity contribution is 7.96. The van der Waals surface area contributed by atoms with Crippen LogP contribution in [0.1, 0.15) is 92.4 Å². The van der Waals surface area contributed by atoms with E-state index in [9.17, 15) is 14.4 Å². The topological polar surface area (TPSA) is 60.4 Å². The number of ether oxygens (including phenoxy) is 1. The molecule has 0 aromatic rings. The van der Waals surface area contributed by atoms with Gasteiger partial charge in [-0.25, -0.2) is 0 Å². The molecule has 4 aliphatic rings. The highest BCUT2D eigenvalue weighted by Crippen LogP contribution is 2.71. The van der Waals surface area contributed by atoms with E-state index >= 15 is 0 Å². The molecule has 0 N–H and O–H groups in total. The van der Waals surface area contributed by atoms with E-state index in [0.717, 1.165) is 25.7 Å². The van der Waals surface area contributed by atoms with E-state index in [1.165, 1.54) is 31.8 Å². The summed E-state index contributed by atoms with van der Waals surface area (Å²) in [5.74, 6) is 1.64. The van der Waals surface area contributed by atoms with Crippen LogP contribution in [0, 0.1) is 28.1 Å². The van der Waals surface area contributed by atoms with Crippen molar-refractivity contribution in [2.45, 2.75) is 98.5 Å². The summed E-state index contributed by atoms with van der Waals surface area (Å²) in [7, 11) is 0. The maximum atomic E-state index is 12.0. The van der Waals surface area contributed by atoms with Crippen molar-refractivity contribution in [3.63, 3.8) is 0 Å². The predicted molar refractivity (Wildman–Crippen MR) is 121 cm³/mol. The second kappa shape index (κ2) is 8.44. The molecule has 168 valence electrons. The van der Waals surface area contributed by atoms with E-state index in [0.29, 0.717) is 30.5 Å². The maximum absolute atomic E-state index is 12.0. The van der Waals surface area contributed by atoms with Gasteiger partial charge in [0.15, 0.2) is 10.9 Å². The summed E-state index contributed by atoms with van der Waals surface area (Å²) in [5.41, 5.74) is 1.97. The molecule has 3 fully saturated rings. The Morgan fingerprint density at radius 3 is 2.30 bits per heavy atom. The third-order valence-electron chi connectivity index (χ3n) is 9.28. The number of rotatable bonds is 2. The number of hydrogen-bond acceptors (Lipinski definition) is 4. The smallest absolute Gasteiger partial charge is 0.305 e. The van der Waals surface area contributed by atoms with Crippen LogP contribution in [0.2, 0.25) is 0 Å². The second-order valence-corrected chi connectivity index (χ2v) is 11.2. The molecule has 0 heterocycles. The van der Waals surface area contributed by atoms with E-state index in [2.05, 4.69) is 33.4 Å². The third kappa shape index (κ3) is 3.80. The van der Waals surface area contributed by atoms with Crippen molar-refractivity contribution in [1.82, 2.24) is 0 Å². The van der Waals surface area contributed by atoms with Crippen molar-refractivity contribution in [2.24, 2.45) is 28.1 Å². The minimum absolute atomic E-state index is 0.0470. The summed E-state index contributed by atoms with van der Waals surface area (Å²) in [6.45, 7) is 10.6. The summed E-state index contributed by atoms with van der Waals surface area (Å²) < 4.78 is 5.93. The van der Waals surface area contributed by atoms with E-state index in [4.69, 9.17) is 4.74 Å². The number of carbonyl (C=O) groups is 3. The number of hydrogen-bond donors (Lipinski definition) is 1. The van der Waals surface area contributed by atoms with Gasteiger partial charge in [0.1, 0.15) is 6.10 Å². The number of ketones is 1. The summed E-state index contributed by atoms with van der Waals surface area (Å²) in [5, 5.41) is -0.139. The first-order valence-corrected chi connectivity index (χ1v) is 12.1. The first-order chi connectivity index (χ1) is 14.0. The minimum atomic E-state index is -0.139. The molecular weight excluding hydrogens is 396 g/mol. The number of fused-ring (bicyclic) bond motifs is 5. The molecule has 4 nitrogen and oxygen atoms in total. The van der Waals surface area contributed by atoms with E-state index in [-0.39, 0.29) is 33.4 Å². The number of esters is 1. The molecule has 5 heteroatoms. The number of carbonyl (C=O) groups excluding carboxylic acids is 3. The third-order valence-corrected chi connectivity index (χ3v) is 9.28. The Hall–Kier alpha value is -1.10. The molecule has 4 aliphatic carbocycles. The summed E-state index contributed by atoms with van der Waals surface area (Å²) in [6, 6.07) is 0. The van der Waals surface area contributed by atoms with Gasteiger partial charge in [-0.1, -0.05) is 33.3 Å². The van der Waals surface area contributed by atoms with E-state index in [1.54, 1.807) is 0 Å². The maximum Gasteiger partial charge on any atom is 0.305 e. The van der Waals surface area contributed by atoms with Crippen LogP contribution in [0.4, 0.5) is 0 Å². The average molecular weight is 435 g/mol. The van der Waals surface area contributed by atoms with Crippen LogP contribution >= 0.6 is 12.6 Å². The molecule has 0 saturated heterocycles. The van der Waals surface area contributed by atoms with Gasteiger partial charge in [-0.05, 0) is 73.7 Å². The van der Waals surface area contributed by atoms with Crippen LogP contribution in [-0.4, -0.2) is 23.0 Å². The van der Waals surface area contributed by atoms with Crippen LogP contribution < -0.4 is 0 Å². The molecule has 0 aliphatic heterocycles. The lowest BCUT2D eigenvalue weighted by Gasteiger charge is -2.62. The fourth-order valence-corrected chi connectivity index (χ4v) is 7.34. The van der Waals surface area contributed by atoms with Crippen LogP contribution in [0.3, 0.4) is 0 Å². The van der Waals surface area contributed by atoms with Crippen molar-refractivity contribution >= 4 is 29.5 Å². The van der Waals surface area contributed by atoms with Gasteiger partial charge < -0.3 is 4.74 Å². The predicted octanol–water partition coefficient (Wildman–Crippen LogP) is 5.69. The summed E-state index contributed by atoms with van der Waals surface area (Å²) in [6.07, 6.45) is 11.1. The molecule has 0 amide bonds. The Morgan fingerprint density at radius 2 is 1.67 bits per heavy atom. The Kier molecular flexibility index (Phi) is 6.63.